The van der Waals surface area contributed by atoms with Crippen molar-refractivity contribution in [2.45, 2.75) is 6.17 Å². The fourth-order valence-corrected chi connectivity index (χ4v) is 1.73. The molecule has 0 saturated heterocycles. The van der Waals surface area contributed by atoms with Gasteiger partial charge in [0, 0.05) is 11.8 Å². The van der Waals surface area contributed by atoms with Crippen molar-refractivity contribution >= 4 is 11.9 Å². The van der Waals surface area contributed by atoms with Gasteiger partial charge in [-0.15, -0.1) is 0 Å². The number of aliphatic carboxylic acids is 1. The van der Waals surface area contributed by atoms with E-state index in [1.165, 1.54) is 30.5 Å². The first kappa shape index (κ1) is 15.4. The summed E-state index contributed by atoms with van der Waals surface area (Å²) in [6.07, 6.45) is -0.355. The standard InChI is InChI=1S/C14H12FN3O4/c15-9-3-1-2-7(4-9)8-5-10(19)11(17-6-8)13(20)18-12(16)14(21)22/h1-6,12,19H,16H2,(H,18,20)(H,21,22). The lowest BCUT2D eigenvalue weighted by atomic mass is 10.1. The lowest BCUT2D eigenvalue weighted by Gasteiger charge is -2.10. The molecule has 0 spiro atoms. The Morgan fingerprint density at radius 2 is 2.00 bits per heavy atom. The van der Waals surface area contributed by atoms with Crippen molar-refractivity contribution in [2.24, 2.45) is 5.73 Å². The quantitative estimate of drug-likeness (QED) is 0.616. The van der Waals surface area contributed by atoms with Gasteiger partial charge in [0.25, 0.3) is 5.91 Å². The molecule has 2 rings (SSSR count). The summed E-state index contributed by atoms with van der Waals surface area (Å²) in [6, 6.07) is 6.85. The topological polar surface area (TPSA) is 126 Å². The summed E-state index contributed by atoms with van der Waals surface area (Å²) in [6.45, 7) is 0. The zero-order chi connectivity index (χ0) is 16.3. The molecule has 0 saturated carbocycles. The van der Waals surface area contributed by atoms with Crippen LogP contribution in [0.4, 0.5) is 4.39 Å². The third-order valence-electron chi connectivity index (χ3n) is 2.79. The minimum Gasteiger partial charge on any atom is -0.505 e. The first-order chi connectivity index (χ1) is 10.4. The summed E-state index contributed by atoms with van der Waals surface area (Å²) in [5.41, 5.74) is 5.65. The van der Waals surface area contributed by atoms with Gasteiger partial charge in [0.2, 0.25) is 0 Å². The number of nitrogens with one attached hydrogen (secondary N) is 1. The van der Waals surface area contributed by atoms with Gasteiger partial charge in [-0.25, -0.2) is 14.2 Å². The number of rotatable bonds is 4. The molecule has 8 heteroatoms. The molecule has 0 aliphatic carbocycles. The number of carboxylic acid groups (broad SMARTS) is 1. The smallest absolute Gasteiger partial charge is 0.341 e. The summed E-state index contributed by atoms with van der Waals surface area (Å²) < 4.78 is 13.2. The minimum absolute atomic E-state index is 0.378. The Kier molecular flexibility index (Phi) is 4.33. The van der Waals surface area contributed by atoms with Crippen LogP contribution in [0.2, 0.25) is 0 Å². The molecular weight excluding hydrogens is 293 g/mol. The molecular formula is C14H12FN3O4. The van der Waals surface area contributed by atoms with Gasteiger partial charge in [0.15, 0.2) is 11.9 Å². The van der Waals surface area contributed by atoms with Crippen molar-refractivity contribution in [3.8, 4) is 16.9 Å². The number of nitrogens with two attached hydrogens (primary N) is 1. The molecule has 22 heavy (non-hydrogen) atoms. The van der Waals surface area contributed by atoms with Crippen LogP contribution in [-0.4, -0.2) is 33.2 Å². The van der Waals surface area contributed by atoms with Crippen LogP contribution in [0.1, 0.15) is 10.5 Å². The average molecular weight is 305 g/mol. The number of pyridine rings is 1. The number of carbonyl (C=O) groups is 2. The van der Waals surface area contributed by atoms with E-state index in [1.807, 2.05) is 5.32 Å². The van der Waals surface area contributed by atoms with Gasteiger partial charge in [-0.3, -0.25) is 4.79 Å². The van der Waals surface area contributed by atoms with Crippen LogP contribution in [0.3, 0.4) is 0 Å². The van der Waals surface area contributed by atoms with Gasteiger partial charge in [0.1, 0.15) is 11.6 Å². The average Bonchev–Trinajstić information content (AvgIpc) is 2.46. The molecule has 2 aromatic rings. The van der Waals surface area contributed by atoms with E-state index >= 15 is 0 Å². The lowest BCUT2D eigenvalue weighted by molar-refractivity contribution is -0.139. The first-order valence-corrected chi connectivity index (χ1v) is 6.12. The van der Waals surface area contributed by atoms with Crippen molar-refractivity contribution in [3.63, 3.8) is 0 Å². The molecule has 1 heterocycles. The molecule has 0 radical (unpaired) electrons. The monoisotopic (exact) mass is 305 g/mol. The Bertz CT molecular complexity index is 736. The maximum absolute atomic E-state index is 13.2. The molecule has 1 aromatic carbocycles. The zero-order valence-electron chi connectivity index (χ0n) is 11.2. The number of carbonyl (C=O) groups excluding carboxylic acids is 1. The van der Waals surface area contributed by atoms with Crippen LogP contribution in [0, 0.1) is 5.82 Å². The van der Waals surface area contributed by atoms with Gasteiger partial charge < -0.3 is 21.3 Å². The van der Waals surface area contributed by atoms with Crippen molar-refractivity contribution in [2.75, 3.05) is 0 Å². The second-order valence-electron chi connectivity index (χ2n) is 4.39. The molecule has 7 nitrogen and oxygen atoms in total. The number of aromatic hydroxyl groups is 1. The van der Waals surface area contributed by atoms with E-state index in [4.69, 9.17) is 10.8 Å². The van der Waals surface area contributed by atoms with Crippen molar-refractivity contribution in [1.29, 1.82) is 0 Å². The molecule has 1 amide bonds. The van der Waals surface area contributed by atoms with E-state index < -0.39 is 29.6 Å². The van der Waals surface area contributed by atoms with Crippen LogP contribution in [0.25, 0.3) is 11.1 Å². The largest absolute Gasteiger partial charge is 0.505 e. The summed E-state index contributed by atoms with van der Waals surface area (Å²) in [4.78, 5) is 26.1. The second-order valence-corrected chi connectivity index (χ2v) is 4.39. The lowest BCUT2D eigenvalue weighted by Crippen LogP contribution is -2.47. The number of aromatic nitrogens is 1. The van der Waals surface area contributed by atoms with Crippen LogP contribution in [0.5, 0.6) is 5.75 Å². The maximum Gasteiger partial charge on any atom is 0.341 e. The predicted molar refractivity (Wildman–Crippen MR) is 74.4 cm³/mol. The van der Waals surface area contributed by atoms with Crippen LogP contribution < -0.4 is 11.1 Å². The maximum atomic E-state index is 13.2. The number of carboxylic acids is 1. The number of hydrogen-bond acceptors (Lipinski definition) is 5. The van der Waals surface area contributed by atoms with Gasteiger partial charge in [-0.2, -0.15) is 0 Å². The van der Waals surface area contributed by atoms with E-state index in [9.17, 15) is 19.1 Å². The highest BCUT2D eigenvalue weighted by molar-refractivity contribution is 5.97. The normalized spacial score (nSPS) is 11.7. The molecule has 114 valence electrons. The highest BCUT2D eigenvalue weighted by Gasteiger charge is 2.19. The number of benzene rings is 1. The van der Waals surface area contributed by atoms with Gasteiger partial charge >= 0.3 is 5.97 Å². The Labute approximate surface area is 124 Å². The van der Waals surface area contributed by atoms with Gasteiger partial charge in [-0.05, 0) is 23.8 Å². The summed E-state index contributed by atoms with van der Waals surface area (Å²) in [5, 5.41) is 20.4. The minimum atomic E-state index is -1.61. The van der Waals surface area contributed by atoms with Crippen LogP contribution in [-0.2, 0) is 4.79 Å². The first-order valence-electron chi connectivity index (χ1n) is 6.12. The number of hydrogen-bond donors (Lipinski definition) is 4. The summed E-state index contributed by atoms with van der Waals surface area (Å²) in [7, 11) is 0. The van der Waals surface area contributed by atoms with Gasteiger partial charge in [0.05, 0.1) is 0 Å². The van der Waals surface area contributed by atoms with E-state index in [0.717, 1.165) is 0 Å². The van der Waals surface area contributed by atoms with Crippen LogP contribution >= 0.6 is 0 Å². The zero-order valence-corrected chi connectivity index (χ0v) is 11.2. The van der Waals surface area contributed by atoms with Crippen LogP contribution in [0.15, 0.2) is 36.5 Å². The van der Waals surface area contributed by atoms with E-state index in [0.29, 0.717) is 11.1 Å². The predicted octanol–water partition coefficient (Wildman–Crippen LogP) is 0.693. The van der Waals surface area contributed by atoms with Gasteiger partial charge in [-0.1, -0.05) is 12.1 Å². The third kappa shape index (κ3) is 3.36. The molecule has 0 aliphatic heterocycles. The Hall–Kier alpha value is -3.00. The SMILES string of the molecule is NC(NC(=O)c1ncc(-c2cccc(F)c2)cc1O)C(=O)O. The molecule has 0 fully saturated rings. The summed E-state index contributed by atoms with van der Waals surface area (Å²) >= 11 is 0. The van der Waals surface area contributed by atoms with E-state index in [2.05, 4.69) is 4.98 Å². The Morgan fingerprint density at radius 1 is 1.27 bits per heavy atom. The third-order valence-corrected chi connectivity index (χ3v) is 2.79. The van der Waals surface area contributed by atoms with E-state index in [1.54, 1.807) is 6.07 Å². The number of nitrogens with zero attached hydrogens (tertiary/aromatic N) is 1. The Morgan fingerprint density at radius 3 is 2.59 bits per heavy atom. The second kappa shape index (κ2) is 6.19. The molecule has 0 aliphatic rings. The highest BCUT2D eigenvalue weighted by atomic mass is 19.1. The molecule has 1 unspecified atom stereocenters. The molecule has 0 bridgehead atoms. The van der Waals surface area contributed by atoms with Crippen molar-refractivity contribution in [3.05, 3.63) is 48.0 Å². The molecule has 5 N–H and O–H groups in total. The van der Waals surface area contributed by atoms with Crippen molar-refractivity contribution < 1.29 is 24.2 Å². The number of halogens is 1. The highest BCUT2D eigenvalue weighted by Crippen LogP contribution is 2.25. The van der Waals surface area contributed by atoms with Crippen molar-refractivity contribution in [1.82, 2.24) is 10.3 Å². The number of amides is 1. The Balaban J connectivity index is 2.27. The molecule has 1 atom stereocenters. The molecule has 1 aromatic heterocycles. The summed E-state index contributed by atoms with van der Waals surface area (Å²) in [5.74, 6) is -3.29. The van der Waals surface area contributed by atoms with E-state index in [-0.39, 0.29) is 5.69 Å². The fourth-order valence-electron chi connectivity index (χ4n) is 1.73. The fraction of sp³-hybridized carbons (Fsp3) is 0.0714.